The van der Waals surface area contributed by atoms with E-state index in [1.807, 2.05) is 4.90 Å². The van der Waals surface area contributed by atoms with E-state index in [0.717, 1.165) is 76.5 Å². The molecule has 0 atom stereocenters. The number of hydrogen-bond acceptors (Lipinski definition) is 5. The highest BCUT2D eigenvalue weighted by Crippen LogP contribution is 2.26. The van der Waals surface area contributed by atoms with Crippen LogP contribution >= 0.6 is 0 Å². The molecule has 1 aromatic heterocycles. The van der Waals surface area contributed by atoms with E-state index in [4.69, 9.17) is 0 Å². The molecule has 1 fully saturated rings. The van der Waals surface area contributed by atoms with Crippen LogP contribution in [0.25, 0.3) is 0 Å². The summed E-state index contributed by atoms with van der Waals surface area (Å²) in [5.41, 5.74) is 2.38. The lowest BCUT2D eigenvalue weighted by molar-refractivity contribution is -0.135. The van der Waals surface area contributed by atoms with Crippen molar-refractivity contribution >= 4 is 11.7 Å². The molecular weight excluding hydrogens is 314 g/mol. The maximum atomic E-state index is 12.8. The molecule has 134 valence electrons. The molecule has 0 bridgehead atoms. The van der Waals surface area contributed by atoms with Crippen LogP contribution in [0, 0.1) is 5.92 Å². The van der Waals surface area contributed by atoms with E-state index < -0.39 is 0 Å². The molecule has 25 heavy (non-hydrogen) atoms. The maximum Gasteiger partial charge on any atom is 0.226 e. The third kappa shape index (κ3) is 3.40. The zero-order valence-corrected chi connectivity index (χ0v) is 15.0. The van der Waals surface area contributed by atoms with Gasteiger partial charge in [-0.1, -0.05) is 12.2 Å². The van der Waals surface area contributed by atoms with Crippen LogP contribution in [0.4, 0.5) is 5.82 Å². The number of carbonyl (C=O) groups is 1. The summed E-state index contributed by atoms with van der Waals surface area (Å²) in [6, 6.07) is 0. The minimum atomic E-state index is 0.157. The van der Waals surface area contributed by atoms with E-state index in [9.17, 15) is 4.79 Å². The highest BCUT2D eigenvalue weighted by molar-refractivity contribution is 5.79. The second kappa shape index (κ2) is 7.12. The van der Waals surface area contributed by atoms with Crippen molar-refractivity contribution in [2.75, 3.05) is 51.2 Å². The van der Waals surface area contributed by atoms with Gasteiger partial charge in [0.15, 0.2) is 0 Å². The molecule has 1 amide bonds. The molecule has 0 aromatic carbocycles. The van der Waals surface area contributed by atoms with Crippen LogP contribution in [0.2, 0.25) is 0 Å². The summed E-state index contributed by atoms with van der Waals surface area (Å²) >= 11 is 0. The lowest BCUT2D eigenvalue weighted by Crippen LogP contribution is -2.45. The number of likely N-dealkylation sites (N-methyl/N-ethyl adjacent to an activating group) is 1. The minimum Gasteiger partial charge on any atom is -0.354 e. The topological polar surface area (TPSA) is 52.6 Å². The van der Waals surface area contributed by atoms with Crippen LogP contribution in [0.3, 0.4) is 0 Å². The Morgan fingerprint density at radius 1 is 1.00 bits per heavy atom. The van der Waals surface area contributed by atoms with Crippen molar-refractivity contribution in [2.45, 2.75) is 25.7 Å². The zero-order chi connectivity index (χ0) is 17.2. The lowest BCUT2D eigenvalue weighted by atomic mass is 10.1. The van der Waals surface area contributed by atoms with Crippen molar-refractivity contribution in [3.63, 3.8) is 0 Å². The third-order valence-electron chi connectivity index (χ3n) is 5.73. The molecule has 6 heteroatoms. The Morgan fingerprint density at radius 3 is 2.48 bits per heavy atom. The fourth-order valence-corrected chi connectivity index (χ4v) is 4.10. The Kier molecular flexibility index (Phi) is 4.70. The number of piperazine rings is 1. The lowest BCUT2D eigenvalue weighted by Gasteiger charge is -2.34. The van der Waals surface area contributed by atoms with E-state index in [-0.39, 0.29) is 5.92 Å². The molecule has 0 radical (unpaired) electrons. The molecule has 0 saturated carbocycles. The number of nitrogens with zero attached hydrogens (tertiary/aromatic N) is 5. The van der Waals surface area contributed by atoms with Gasteiger partial charge in [0.05, 0.1) is 5.69 Å². The number of anilines is 1. The average molecular weight is 341 g/mol. The fraction of sp³-hybridized carbons (Fsp3) is 0.632. The standard InChI is InChI=1S/C19H27N5O/c1-22-10-12-23(13-11-22)18-16-6-8-24(9-7-17(16)20-14-21-18)19(25)15-4-2-3-5-15/h2-3,14-15H,4-13H2,1H3. The van der Waals surface area contributed by atoms with Gasteiger partial charge in [-0.2, -0.15) is 0 Å². The van der Waals surface area contributed by atoms with E-state index in [0.29, 0.717) is 5.91 Å². The van der Waals surface area contributed by atoms with Gasteiger partial charge in [-0.3, -0.25) is 4.79 Å². The van der Waals surface area contributed by atoms with Crippen LogP contribution in [-0.4, -0.2) is 72.0 Å². The molecule has 1 aliphatic carbocycles. The Balaban J connectivity index is 1.49. The van der Waals surface area contributed by atoms with Gasteiger partial charge in [-0.15, -0.1) is 0 Å². The van der Waals surface area contributed by atoms with Crippen molar-refractivity contribution < 1.29 is 4.79 Å². The van der Waals surface area contributed by atoms with E-state index in [1.54, 1.807) is 6.33 Å². The highest BCUT2D eigenvalue weighted by atomic mass is 16.2. The molecule has 3 heterocycles. The molecule has 0 N–H and O–H groups in total. The van der Waals surface area contributed by atoms with Crippen molar-refractivity contribution in [3.8, 4) is 0 Å². The molecule has 4 rings (SSSR count). The molecular formula is C19H27N5O. The van der Waals surface area contributed by atoms with Gasteiger partial charge in [-0.05, 0) is 26.3 Å². The predicted octanol–water partition coefficient (Wildman–Crippen LogP) is 1.12. The molecule has 2 aliphatic heterocycles. The summed E-state index contributed by atoms with van der Waals surface area (Å²) < 4.78 is 0. The molecule has 0 spiro atoms. The third-order valence-corrected chi connectivity index (χ3v) is 5.73. The van der Waals surface area contributed by atoms with Crippen LogP contribution in [-0.2, 0) is 17.6 Å². The summed E-state index contributed by atoms with van der Waals surface area (Å²) in [5.74, 6) is 1.56. The highest BCUT2D eigenvalue weighted by Gasteiger charge is 2.28. The SMILES string of the molecule is CN1CCN(c2ncnc3c2CCN(C(=O)C2CC=CC2)CC3)CC1. The molecule has 1 saturated heterocycles. The first-order valence-electron chi connectivity index (χ1n) is 9.42. The maximum absolute atomic E-state index is 12.8. The second-order valence-corrected chi connectivity index (χ2v) is 7.38. The monoisotopic (exact) mass is 341 g/mol. The number of allylic oxidation sites excluding steroid dienone is 2. The fourth-order valence-electron chi connectivity index (χ4n) is 4.10. The molecule has 3 aliphatic rings. The summed E-state index contributed by atoms with van der Waals surface area (Å²) in [6.07, 6.45) is 9.46. The number of aromatic nitrogens is 2. The van der Waals surface area contributed by atoms with Crippen molar-refractivity contribution in [1.82, 2.24) is 19.8 Å². The molecule has 6 nitrogen and oxygen atoms in total. The van der Waals surface area contributed by atoms with Crippen molar-refractivity contribution in [2.24, 2.45) is 5.92 Å². The average Bonchev–Trinajstić information content (AvgIpc) is 3.08. The smallest absolute Gasteiger partial charge is 0.226 e. The van der Waals surface area contributed by atoms with Crippen LogP contribution < -0.4 is 4.90 Å². The van der Waals surface area contributed by atoms with Crippen molar-refractivity contribution in [1.29, 1.82) is 0 Å². The van der Waals surface area contributed by atoms with E-state index in [2.05, 4.69) is 39.0 Å². The Labute approximate surface area is 149 Å². The summed E-state index contributed by atoms with van der Waals surface area (Å²) in [4.78, 5) is 28.7. The first kappa shape index (κ1) is 16.5. The van der Waals surface area contributed by atoms with Crippen LogP contribution in [0.1, 0.15) is 24.1 Å². The summed E-state index contributed by atoms with van der Waals surface area (Å²) in [5, 5.41) is 0. The number of hydrogen-bond donors (Lipinski definition) is 0. The Bertz CT molecular complexity index is 658. The second-order valence-electron chi connectivity index (χ2n) is 7.38. The van der Waals surface area contributed by atoms with Crippen LogP contribution in [0.15, 0.2) is 18.5 Å². The first-order valence-corrected chi connectivity index (χ1v) is 9.42. The Morgan fingerprint density at radius 2 is 1.72 bits per heavy atom. The largest absolute Gasteiger partial charge is 0.354 e. The predicted molar refractivity (Wildman–Crippen MR) is 97.6 cm³/mol. The van der Waals surface area contributed by atoms with E-state index >= 15 is 0 Å². The number of amides is 1. The number of rotatable bonds is 2. The van der Waals surface area contributed by atoms with Gasteiger partial charge in [0.1, 0.15) is 12.1 Å². The summed E-state index contributed by atoms with van der Waals surface area (Å²) in [7, 11) is 2.17. The van der Waals surface area contributed by atoms with Gasteiger partial charge in [0.2, 0.25) is 5.91 Å². The minimum absolute atomic E-state index is 0.157. The number of carbonyl (C=O) groups excluding carboxylic acids is 1. The van der Waals surface area contributed by atoms with Gasteiger partial charge < -0.3 is 14.7 Å². The van der Waals surface area contributed by atoms with E-state index in [1.165, 1.54) is 5.56 Å². The normalized spacial score (nSPS) is 22.1. The van der Waals surface area contributed by atoms with Gasteiger partial charge in [-0.25, -0.2) is 9.97 Å². The molecule has 1 aromatic rings. The Hall–Kier alpha value is -1.95. The van der Waals surface area contributed by atoms with Crippen LogP contribution in [0.5, 0.6) is 0 Å². The van der Waals surface area contributed by atoms with Gasteiger partial charge in [0.25, 0.3) is 0 Å². The molecule has 0 unspecified atom stereocenters. The summed E-state index contributed by atoms with van der Waals surface area (Å²) in [6.45, 7) is 5.72. The zero-order valence-electron chi connectivity index (χ0n) is 15.0. The quantitative estimate of drug-likeness (QED) is 0.755. The van der Waals surface area contributed by atoms with Crippen molar-refractivity contribution in [3.05, 3.63) is 29.7 Å². The first-order chi connectivity index (χ1) is 12.2. The van der Waals surface area contributed by atoms with Gasteiger partial charge >= 0.3 is 0 Å². The number of fused-ring (bicyclic) bond motifs is 1. The van der Waals surface area contributed by atoms with Gasteiger partial charge in [0, 0.05) is 57.2 Å².